The third kappa shape index (κ3) is 3.02. The Hall–Kier alpha value is -0.470. The molecule has 1 aliphatic heterocycles. The van der Waals surface area contributed by atoms with Crippen molar-refractivity contribution in [1.29, 1.82) is 0 Å². The summed E-state index contributed by atoms with van der Waals surface area (Å²) >= 11 is 4.35. The second-order valence-electron chi connectivity index (χ2n) is 4.94. The molecule has 1 aliphatic rings. The third-order valence-electron chi connectivity index (χ3n) is 3.42. The second-order valence-corrected chi connectivity index (χ2v) is 5.31. The molecule has 16 heavy (non-hydrogen) atoms. The first-order chi connectivity index (χ1) is 7.79. The topological polar surface area (TPSA) is 3.24 Å². The molecule has 0 aliphatic carbocycles. The molecule has 0 bridgehead atoms. The molecule has 0 aromatic heterocycles. The van der Waals surface area contributed by atoms with E-state index in [0.717, 1.165) is 11.7 Å². The minimum absolute atomic E-state index is 0.706. The summed E-state index contributed by atoms with van der Waals surface area (Å²) in [6.07, 6.45) is 1.31. The number of nitrogens with zero attached hydrogens (tertiary/aromatic N) is 1. The van der Waals surface area contributed by atoms with Gasteiger partial charge in [-0.05, 0) is 36.1 Å². The molecule has 1 heterocycles. The van der Waals surface area contributed by atoms with Crippen molar-refractivity contribution >= 4 is 12.6 Å². The lowest BCUT2D eigenvalue weighted by Gasteiger charge is -2.19. The van der Waals surface area contributed by atoms with E-state index in [9.17, 15) is 0 Å². The summed E-state index contributed by atoms with van der Waals surface area (Å²) in [5.74, 6) is 2.44. The van der Waals surface area contributed by atoms with Crippen LogP contribution in [0.25, 0.3) is 0 Å². The van der Waals surface area contributed by atoms with E-state index in [4.69, 9.17) is 0 Å². The number of thiol groups is 1. The summed E-state index contributed by atoms with van der Waals surface area (Å²) < 4.78 is 0. The number of hydrogen-bond acceptors (Lipinski definition) is 2. The van der Waals surface area contributed by atoms with Crippen molar-refractivity contribution in [1.82, 2.24) is 4.90 Å². The maximum Gasteiger partial charge on any atom is 0.00509 e. The summed E-state index contributed by atoms with van der Waals surface area (Å²) in [6, 6.07) is 10.9. The van der Waals surface area contributed by atoms with Gasteiger partial charge in [-0.25, -0.2) is 0 Å². The van der Waals surface area contributed by atoms with Crippen molar-refractivity contribution in [2.24, 2.45) is 5.92 Å². The molecule has 1 aromatic carbocycles. The predicted molar refractivity (Wildman–Crippen MR) is 73.3 cm³/mol. The molecular weight excluding hydrogens is 214 g/mol. The average molecular weight is 235 g/mol. The Bertz CT molecular complexity index is 312. The largest absolute Gasteiger partial charge is 0.302 e. The molecule has 0 saturated carbocycles. The fourth-order valence-corrected chi connectivity index (χ4v) is 2.61. The monoisotopic (exact) mass is 235 g/mol. The van der Waals surface area contributed by atoms with Gasteiger partial charge in [-0.15, -0.1) is 0 Å². The van der Waals surface area contributed by atoms with Crippen molar-refractivity contribution in [2.75, 3.05) is 25.4 Å². The summed E-state index contributed by atoms with van der Waals surface area (Å²) in [6.45, 7) is 5.95. The van der Waals surface area contributed by atoms with Gasteiger partial charge in [0.05, 0.1) is 0 Å². The predicted octanol–water partition coefficient (Wildman–Crippen LogP) is 3.04. The normalized spacial score (nSPS) is 23.5. The van der Waals surface area contributed by atoms with Crippen molar-refractivity contribution in [3.8, 4) is 0 Å². The van der Waals surface area contributed by atoms with Gasteiger partial charge >= 0.3 is 0 Å². The fraction of sp³-hybridized carbons (Fsp3) is 0.571. The minimum Gasteiger partial charge on any atom is -0.302 e. The van der Waals surface area contributed by atoms with Crippen LogP contribution in [0.15, 0.2) is 30.3 Å². The minimum atomic E-state index is 0.706. The number of benzene rings is 1. The maximum absolute atomic E-state index is 4.35. The van der Waals surface area contributed by atoms with Gasteiger partial charge in [0.1, 0.15) is 0 Å². The molecule has 0 spiro atoms. The molecule has 2 atom stereocenters. The molecule has 1 fully saturated rings. The van der Waals surface area contributed by atoms with Crippen LogP contribution in [0.5, 0.6) is 0 Å². The van der Waals surface area contributed by atoms with E-state index in [0.29, 0.717) is 5.92 Å². The van der Waals surface area contributed by atoms with Crippen molar-refractivity contribution in [3.63, 3.8) is 0 Å². The Morgan fingerprint density at radius 2 is 2.12 bits per heavy atom. The summed E-state index contributed by atoms with van der Waals surface area (Å²) in [4.78, 5) is 2.58. The highest BCUT2D eigenvalue weighted by Crippen LogP contribution is 2.27. The molecule has 1 saturated heterocycles. The van der Waals surface area contributed by atoms with E-state index in [-0.39, 0.29) is 0 Å². The standard InChI is InChI=1S/C14H21NS/c1-12(11-16)9-15-8-7-14(10-15)13-5-3-2-4-6-13/h2-6,12,14,16H,7-11H2,1H3. The lowest BCUT2D eigenvalue weighted by molar-refractivity contribution is 0.297. The fourth-order valence-electron chi connectivity index (χ4n) is 2.49. The maximum atomic E-state index is 4.35. The van der Waals surface area contributed by atoms with Crippen LogP contribution in [0.2, 0.25) is 0 Å². The highest BCUT2D eigenvalue weighted by atomic mass is 32.1. The Morgan fingerprint density at radius 1 is 1.38 bits per heavy atom. The summed E-state index contributed by atoms with van der Waals surface area (Å²) in [7, 11) is 0. The average Bonchev–Trinajstić information content (AvgIpc) is 2.78. The van der Waals surface area contributed by atoms with Gasteiger partial charge in [0.15, 0.2) is 0 Å². The zero-order chi connectivity index (χ0) is 11.4. The number of hydrogen-bond donors (Lipinski definition) is 1. The highest BCUT2D eigenvalue weighted by molar-refractivity contribution is 7.80. The van der Waals surface area contributed by atoms with Gasteiger partial charge in [0.2, 0.25) is 0 Å². The van der Waals surface area contributed by atoms with Crippen molar-refractivity contribution in [2.45, 2.75) is 19.3 Å². The van der Waals surface area contributed by atoms with Crippen LogP contribution in [0.1, 0.15) is 24.8 Å². The molecule has 0 amide bonds. The van der Waals surface area contributed by atoms with E-state index in [1.807, 2.05) is 0 Å². The Morgan fingerprint density at radius 3 is 2.81 bits per heavy atom. The lowest BCUT2D eigenvalue weighted by atomic mass is 9.99. The van der Waals surface area contributed by atoms with E-state index >= 15 is 0 Å². The molecule has 2 heteroatoms. The molecule has 0 N–H and O–H groups in total. The van der Waals surface area contributed by atoms with Gasteiger partial charge in [0, 0.05) is 13.1 Å². The Labute approximate surface area is 104 Å². The molecule has 1 aromatic rings. The van der Waals surface area contributed by atoms with Crippen molar-refractivity contribution in [3.05, 3.63) is 35.9 Å². The molecular formula is C14H21NS. The third-order valence-corrected chi connectivity index (χ3v) is 4.05. The van der Waals surface area contributed by atoms with Crippen LogP contribution in [0.3, 0.4) is 0 Å². The number of rotatable bonds is 4. The van der Waals surface area contributed by atoms with E-state index < -0.39 is 0 Å². The van der Waals surface area contributed by atoms with Crippen molar-refractivity contribution < 1.29 is 0 Å². The summed E-state index contributed by atoms with van der Waals surface area (Å²) in [5, 5.41) is 0. The molecule has 2 unspecified atom stereocenters. The van der Waals surface area contributed by atoms with Gasteiger partial charge in [-0.3, -0.25) is 0 Å². The first-order valence-corrected chi connectivity index (χ1v) is 6.81. The van der Waals surface area contributed by atoms with E-state index in [1.54, 1.807) is 0 Å². The highest BCUT2D eigenvalue weighted by Gasteiger charge is 2.24. The molecule has 0 radical (unpaired) electrons. The molecule has 1 nitrogen and oxygen atoms in total. The lowest BCUT2D eigenvalue weighted by Crippen LogP contribution is -2.26. The SMILES string of the molecule is CC(CS)CN1CCC(c2ccccc2)C1. The van der Waals surface area contributed by atoms with Gasteiger partial charge in [-0.1, -0.05) is 37.3 Å². The summed E-state index contributed by atoms with van der Waals surface area (Å²) in [5.41, 5.74) is 1.50. The van der Waals surface area contributed by atoms with E-state index in [1.165, 1.54) is 31.6 Å². The first kappa shape index (κ1) is 12.0. The smallest absolute Gasteiger partial charge is 0.00509 e. The van der Waals surface area contributed by atoms with Crippen LogP contribution in [-0.4, -0.2) is 30.3 Å². The van der Waals surface area contributed by atoms with Crippen LogP contribution < -0.4 is 0 Å². The quantitative estimate of drug-likeness (QED) is 0.785. The second kappa shape index (κ2) is 5.74. The van der Waals surface area contributed by atoms with Crippen LogP contribution in [0.4, 0.5) is 0 Å². The van der Waals surface area contributed by atoms with Crippen LogP contribution in [-0.2, 0) is 0 Å². The first-order valence-electron chi connectivity index (χ1n) is 6.17. The Balaban J connectivity index is 1.89. The zero-order valence-electron chi connectivity index (χ0n) is 9.97. The zero-order valence-corrected chi connectivity index (χ0v) is 10.9. The van der Waals surface area contributed by atoms with Gasteiger partial charge < -0.3 is 4.90 Å². The molecule has 2 rings (SSSR count). The molecule has 88 valence electrons. The number of likely N-dealkylation sites (tertiary alicyclic amines) is 1. The Kier molecular flexibility index (Phi) is 4.30. The van der Waals surface area contributed by atoms with Crippen LogP contribution in [0, 0.1) is 5.92 Å². The van der Waals surface area contributed by atoms with E-state index in [2.05, 4.69) is 54.8 Å². The van der Waals surface area contributed by atoms with Gasteiger partial charge in [-0.2, -0.15) is 12.6 Å². The van der Waals surface area contributed by atoms with Gasteiger partial charge in [0.25, 0.3) is 0 Å². The van der Waals surface area contributed by atoms with Crippen LogP contribution >= 0.6 is 12.6 Å².